The Kier molecular flexibility index (Phi) is 9.13. The van der Waals surface area contributed by atoms with E-state index in [4.69, 9.17) is 18.9 Å². The van der Waals surface area contributed by atoms with E-state index in [-0.39, 0.29) is 18.1 Å². The van der Waals surface area contributed by atoms with Gasteiger partial charge in [0.2, 0.25) is 0 Å². The quantitative estimate of drug-likeness (QED) is 0.439. The van der Waals surface area contributed by atoms with Crippen LogP contribution in [0.3, 0.4) is 0 Å². The van der Waals surface area contributed by atoms with E-state index in [1.54, 1.807) is 49.6 Å². The van der Waals surface area contributed by atoms with Gasteiger partial charge in [0.15, 0.2) is 17.6 Å². The number of carbonyl (C=O) groups is 2. The predicted octanol–water partition coefficient (Wildman–Crippen LogP) is 2.58. The monoisotopic (exact) mass is 428 g/mol. The van der Waals surface area contributed by atoms with Crippen molar-refractivity contribution in [3.63, 3.8) is 0 Å². The Morgan fingerprint density at radius 2 is 1.58 bits per heavy atom. The molecule has 2 aromatic rings. The van der Waals surface area contributed by atoms with E-state index in [2.05, 4.69) is 0 Å². The molecule has 0 saturated carbocycles. The van der Waals surface area contributed by atoms with Crippen molar-refractivity contribution >= 4 is 24.1 Å². The summed E-state index contributed by atoms with van der Waals surface area (Å²) in [5.41, 5.74) is 1.38. The van der Waals surface area contributed by atoms with Crippen molar-refractivity contribution in [2.24, 2.45) is 0 Å². The lowest BCUT2D eigenvalue weighted by Gasteiger charge is -2.13. The highest BCUT2D eigenvalue weighted by molar-refractivity contribution is 5.88. The van der Waals surface area contributed by atoms with Gasteiger partial charge < -0.3 is 29.2 Å². The predicted molar refractivity (Wildman–Crippen MR) is 114 cm³/mol. The summed E-state index contributed by atoms with van der Waals surface area (Å²) in [7, 11) is 2.98. The third-order valence-electron chi connectivity index (χ3n) is 4.04. The molecule has 0 heterocycles. The van der Waals surface area contributed by atoms with Crippen molar-refractivity contribution in [2.75, 3.05) is 27.4 Å². The minimum atomic E-state index is -1.00. The Labute approximate surface area is 179 Å². The van der Waals surface area contributed by atoms with Crippen molar-refractivity contribution in [3.05, 3.63) is 65.7 Å². The summed E-state index contributed by atoms with van der Waals surface area (Å²) in [4.78, 5) is 23.8. The molecule has 8 heteroatoms. The molecule has 31 heavy (non-hydrogen) atoms. The summed E-state index contributed by atoms with van der Waals surface area (Å²) < 4.78 is 20.1. The molecule has 0 spiro atoms. The van der Waals surface area contributed by atoms with E-state index in [1.165, 1.54) is 31.4 Å². The number of ether oxygens (including phenoxy) is 4. The Balaban J connectivity index is 1.82. The molecule has 164 valence electrons. The normalized spacial score (nSPS) is 12.0. The molecule has 0 aliphatic carbocycles. The molecule has 8 nitrogen and oxygen atoms in total. The Hall–Kier alpha value is -3.78. The van der Waals surface area contributed by atoms with Crippen LogP contribution in [0, 0.1) is 0 Å². The lowest BCUT2D eigenvalue weighted by atomic mass is 10.2. The van der Waals surface area contributed by atoms with Crippen LogP contribution >= 0.6 is 0 Å². The molecule has 2 N–H and O–H groups in total. The van der Waals surface area contributed by atoms with Gasteiger partial charge in [-0.3, -0.25) is 0 Å². The number of aliphatic hydroxyl groups is 1. The van der Waals surface area contributed by atoms with E-state index in [1.807, 2.05) is 0 Å². The van der Waals surface area contributed by atoms with Gasteiger partial charge in [-0.25, -0.2) is 9.59 Å². The number of rotatable bonds is 10. The molecule has 0 aliphatic rings. The number of carbonyl (C=O) groups excluding carboxylic acids is 2. The summed E-state index contributed by atoms with van der Waals surface area (Å²) in [6, 6.07) is 11.6. The molecule has 0 saturated heterocycles. The van der Waals surface area contributed by atoms with E-state index in [9.17, 15) is 19.8 Å². The number of esters is 2. The van der Waals surface area contributed by atoms with Gasteiger partial charge in [0, 0.05) is 12.2 Å². The maximum absolute atomic E-state index is 11.9. The maximum Gasteiger partial charge on any atom is 0.331 e. The van der Waals surface area contributed by atoms with Crippen molar-refractivity contribution < 1.29 is 38.7 Å². The smallest absolute Gasteiger partial charge is 0.331 e. The molecule has 0 amide bonds. The van der Waals surface area contributed by atoms with Crippen LogP contribution in [0.1, 0.15) is 11.1 Å². The molecule has 2 rings (SSSR count). The molecule has 2 aromatic carbocycles. The first-order valence-corrected chi connectivity index (χ1v) is 9.30. The second kappa shape index (κ2) is 12.0. The Morgan fingerprint density at radius 1 is 0.935 bits per heavy atom. The van der Waals surface area contributed by atoms with Crippen molar-refractivity contribution in [2.45, 2.75) is 6.10 Å². The number of phenolic OH excluding ortho intramolecular Hbond substituents is 1. The molecule has 0 bridgehead atoms. The van der Waals surface area contributed by atoms with E-state index in [0.717, 1.165) is 5.56 Å². The second-order valence-electron chi connectivity index (χ2n) is 6.24. The van der Waals surface area contributed by atoms with Gasteiger partial charge in [-0.1, -0.05) is 18.2 Å². The number of aromatic hydroxyl groups is 1. The minimum Gasteiger partial charge on any atom is -0.504 e. The Morgan fingerprint density at radius 3 is 2.23 bits per heavy atom. The van der Waals surface area contributed by atoms with Gasteiger partial charge in [-0.15, -0.1) is 0 Å². The highest BCUT2D eigenvalue weighted by atomic mass is 16.6. The molecular formula is C23H24O8. The van der Waals surface area contributed by atoms with Gasteiger partial charge in [-0.2, -0.15) is 0 Å². The van der Waals surface area contributed by atoms with Crippen molar-refractivity contribution in [3.8, 4) is 17.2 Å². The third kappa shape index (κ3) is 7.87. The highest BCUT2D eigenvalue weighted by Gasteiger charge is 2.14. The summed E-state index contributed by atoms with van der Waals surface area (Å²) in [5.74, 6) is -0.421. The van der Waals surface area contributed by atoms with Gasteiger partial charge >= 0.3 is 11.9 Å². The van der Waals surface area contributed by atoms with E-state index >= 15 is 0 Å². The Bertz CT molecular complexity index is 931. The van der Waals surface area contributed by atoms with Crippen LogP contribution in [0.25, 0.3) is 12.2 Å². The fraction of sp³-hybridized carbons (Fsp3) is 0.217. The first-order chi connectivity index (χ1) is 14.9. The zero-order valence-electron chi connectivity index (χ0n) is 17.2. The van der Waals surface area contributed by atoms with E-state index < -0.39 is 24.6 Å². The number of hydrogen-bond acceptors (Lipinski definition) is 8. The largest absolute Gasteiger partial charge is 0.504 e. The molecule has 1 atom stereocenters. The topological polar surface area (TPSA) is 112 Å². The maximum atomic E-state index is 11.9. The van der Waals surface area contributed by atoms with Crippen LogP contribution in [-0.4, -0.2) is 55.7 Å². The zero-order valence-corrected chi connectivity index (χ0v) is 17.2. The minimum absolute atomic E-state index is 0.0177. The van der Waals surface area contributed by atoms with Crippen LogP contribution < -0.4 is 9.47 Å². The summed E-state index contributed by atoms with van der Waals surface area (Å²) >= 11 is 0. The molecule has 0 fully saturated rings. The summed E-state index contributed by atoms with van der Waals surface area (Å²) in [6.45, 7) is -0.811. The SMILES string of the molecule is COc1ccc(/C=C/C(=O)OC(CO)COC(=O)/C=C/c2ccc(O)c(OC)c2)cc1. The zero-order chi connectivity index (χ0) is 22.6. The number of hydrogen-bond donors (Lipinski definition) is 2. The third-order valence-corrected chi connectivity index (χ3v) is 4.04. The van der Waals surface area contributed by atoms with Gasteiger partial charge in [0.25, 0.3) is 0 Å². The molecule has 0 aromatic heterocycles. The average Bonchev–Trinajstić information content (AvgIpc) is 2.80. The van der Waals surface area contributed by atoms with Gasteiger partial charge in [0.1, 0.15) is 12.4 Å². The first-order valence-electron chi connectivity index (χ1n) is 9.30. The lowest BCUT2D eigenvalue weighted by Crippen LogP contribution is -2.27. The molecule has 0 radical (unpaired) electrons. The fourth-order valence-corrected chi connectivity index (χ4v) is 2.39. The standard InChI is InChI=1S/C23H24O8/c1-28-18-8-3-16(4-9-18)6-12-23(27)31-19(14-24)15-30-22(26)11-7-17-5-10-20(25)21(13-17)29-2/h3-13,19,24-25H,14-15H2,1-2H3/b11-7+,12-6+. The summed E-state index contributed by atoms with van der Waals surface area (Å²) in [6.07, 6.45) is 4.41. The number of aliphatic hydroxyl groups excluding tert-OH is 1. The highest BCUT2D eigenvalue weighted by Crippen LogP contribution is 2.26. The fourth-order valence-electron chi connectivity index (χ4n) is 2.39. The van der Waals surface area contributed by atoms with E-state index in [0.29, 0.717) is 11.3 Å². The molecular weight excluding hydrogens is 404 g/mol. The van der Waals surface area contributed by atoms with Crippen LogP contribution in [0.2, 0.25) is 0 Å². The first kappa shape index (κ1) is 23.5. The molecule has 0 aliphatic heterocycles. The second-order valence-corrected chi connectivity index (χ2v) is 6.24. The van der Waals surface area contributed by atoms with Gasteiger partial charge in [-0.05, 0) is 47.5 Å². The van der Waals surface area contributed by atoms with Crippen LogP contribution in [0.15, 0.2) is 54.6 Å². The van der Waals surface area contributed by atoms with Crippen molar-refractivity contribution in [1.29, 1.82) is 0 Å². The summed E-state index contributed by atoms with van der Waals surface area (Å²) in [5, 5.41) is 18.9. The van der Waals surface area contributed by atoms with Crippen molar-refractivity contribution in [1.82, 2.24) is 0 Å². The average molecular weight is 428 g/mol. The molecule has 1 unspecified atom stereocenters. The number of methoxy groups -OCH3 is 2. The number of phenols is 1. The lowest BCUT2D eigenvalue weighted by molar-refractivity contribution is -0.154. The number of benzene rings is 2. The van der Waals surface area contributed by atoms with Crippen LogP contribution in [0.5, 0.6) is 17.2 Å². The van der Waals surface area contributed by atoms with Gasteiger partial charge in [0.05, 0.1) is 20.8 Å². The van der Waals surface area contributed by atoms with Crippen LogP contribution in [0.4, 0.5) is 0 Å². The van der Waals surface area contributed by atoms with Crippen LogP contribution in [-0.2, 0) is 19.1 Å².